The Kier molecular flexibility index (Phi) is 5.59. The number of carbonyl (C=O) groups is 2. The molecule has 0 spiro atoms. The first-order valence-corrected chi connectivity index (χ1v) is 9.09. The summed E-state index contributed by atoms with van der Waals surface area (Å²) in [6.07, 6.45) is 1.73. The van der Waals surface area contributed by atoms with Gasteiger partial charge in [0.1, 0.15) is 0 Å². The van der Waals surface area contributed by atoms with Gasteiger partial charge < -0.3 is 10.2 Å². The molecule has 2 amide bonds. The van der Waals surface area contributed by atoms with Gasteiger partial charge in [0.2, 0.25) is 5.91 Å². The van der Waals surface area contributed by atoms with Gasteiger partial charge in [0.25, 0.3) is 5.91 Å². The van der Waals surface area contributed by atoms with Crippen molar-refractivity contribution in [2.75, 3.05) is 18.9 Å². The molecular weight excluding hydrogens is 352 g/mol. The van der Waals surface area contributed by atoms with Crippen LogP contribution < -0.4 is 5.32 Å². The Morgan fingerprint density at radius 1 is 1.04 bits per heavy atom. The summed E-state index contributed by atoms with van der Waals surface area (Å²) in [5, 5.41) is 7.13. The number of carbonyl (C=O) groups excluding carboxylic acids is 2. The Hall–Kier alpha value is -3.41. The van der Waals surface area contributed by atoms with Crippen molar-refractivity contribution in [3.05, 3.63) is 77.1 Å². The standard InChI is InChI=1S/C22H24N4O2/c1-15-5-6-16(2)20(13-15)24-21(27)14-25(4)22(28)18-7-9-19(10-8-18)26-17(3)11-12-23-26/h5-13H,14H2,1-4H3,(H,24,27). The third kappa shape index (κ3) is 4.28. The number of rotatable bonds is 5. The van der Waals surface area contributed by atoms with Crippen LogP contribution in [0, 0.1) is 20.8 Å². The smallest absolute Gasteiger partial charge is 0.254 e. The molecule has 28 heavy (non-hydrogen) atoms. The van der Waals surface area contributed by atoms with E-state index >= 15 is 0 Å². The molecule has 0 atom stereocenters. The molecule has 0 bridgehead atoms. The van der Waals surface area contributed by atoms with E-state index in [0.29, 0.717) is 5.56 Å². The topological polar surface area (TPSA) is 67.2 Å². The predicted molar refractivity (Wildman–Crippen MR) is 110 cm³/mol. The second-order valence-electron chi connectivity index (χ2n) is 6.96. The SMILES string of the molecule is Cc1ccc(C)c(NC(=O)CN(C)C(=O)c2ccc(-n3nccc3C)cc2)c1. The van der Waals surface area contributed by atoms with Gasteiger partial charge >= 0.3 is 0 Å². The molecule has 0 unspecified atom stereocenters. The highest BCUT2D eigenvalue weighted by Gasteiger charge is 2.16. The van der Waals surface area contributed by atoms with Crippen molar-refractivity contribution in [3.63, 3.8) is 0 Å². The summed E-state index contributed by atoms with van der Waals surface area (Å²) < 4.78 is 1.80. The van der Waals surface area contributed by atoms with Crippen molar-refractivity contribution in [3.8, 4) is 5.69 Å². The molecule has 6 heteroatoms. The van der Waals surface area contributed by atoms with Gasteiger partial charge in [-0.2, -0.15) is 5.10 Å². The lowest BCUT2D eigenvalue weighted by Gasteiger charge is -2.18. The molecule has 2 aromatic carbocycles. The normalized spacial score (nSPS) is 10.6. The lowest BCUT2D eigenvalue weighted by Crippen LogP contribution is -2.35. The van der Waals surface area contributed by atoms with Crippen LogP contribution in [-0.4, -0.2) is 40.1 Å². The number of benzene rings is 2. The van der Waals surface area contributed by atoms with E-state index in [4.69, 9.17) is 0 Å². The molecule has 1 heterocycles. The van der Waals surface area contributed by atoms with Crippen LogP contribution in [0.5, 0.6) is 0 Å². The number of nitrogens with one attached hydrogen (secondary N) is 1. The maximum Gasteiger partial charge on any atom is 0.254 e. The van der Waals surface area contributed by atoms with E-state index in [0.717, 1.165) is 28.2 Å². The maximum absolute atomic E-state index is 12.6. The minimum absolute atomic E-state index is 0.0216. The third-order valence-electron chi connectivity index (χ3n) is 4.59. The highest BCUT2D eigenvalue weighted by molar-refractivity contribution is 5.99. The molecule has 1 aromatic heterocycles. The minimum Gasteiger partial charge on any atom is -0.332 e. The number of anilines is 1. The van der Waals surface area contributed by atoms with Crippen LogP contribution >= 0.6 is 0 Å². The largest absolute Gasteiger partial charge is 0.332 e. The van der Waals surface area contributed by atoms with Gasteiger partial charge in [-0.15, -0.1) is 0 Å². The fraction of sp³-hybridized carbons (Fsp3) is 0.227. The van der Waals surface area contributed by atoms with Crippen molar-refractivity contribution in [1.82, 2.24) is 14.7 Å². The van der Waals surface area contributed by atoms with E-state index in [-0.39, 0.29) is 18.4 Å². The second kappa shape index (κ2) is 8.08. The number of amides is 2. The summed E-state index contributed by atoms with van der Waals surface area (Å²) in [6.45, 7) is 5.85. The van der Waals surface area contributed by atoms with Crippen LogP contribution in [0.1, 0.15) is 27.2 Å². The zero-order valence-corrected chi connectivity index (χ0v) is 16.6. The van der Waals surface area contributed by atoms with Gasteiger partial charge in [0.05, 0.1) is 12.2 Å². The molecule has 0 radical (unpaired) electrons. The summed E-state index contributed by atoms with van der Waals surface area (Å²) in [4.78, 5) is 26.4. The molecule has 144 valence electrons. The number of nitrogens with zero attached hydrogens (tertiary/aromatic N) is 3. The molecule has 1 N–H and O–H groups in total. The summed E-state index contributed by atoms with van der Waals surface area (Å²) in [5.74, 6) is -0.437. The summed E-state index contributed by atoms with van der Waals surface area (Å²) >= 11 is 0. The molecular formula is C22H24N4O2. The second-order valence-corrected chi connectivity index (χ2v) is 6.96. The molecule has 0 fully saturated rings. The molecule has 0 saturated carbocycles. The van der Waals surface area contributed by atoms with Crippen molar-refractivity contribution in [2.45, 2.75) is 20.8 Å². The predicted octanol–water partition coefficient (Wildman–Crippen LogP) is 3.51. The van der Waals surface area contributed by atoms with E-state index in [1.54, 1.807) is 30.1 Å². The molecule has 3 aromatic rings. The average molecular weight is 376 g/mol. The third-order valence-corrected chi connectivity index (χ3v) is 4.59. The lowest BCUT2D eigenvalue weighted by molar-refractivity contribution is -0.116. The number of hydrogen-bond donors (Lipinski definition) is 1. The summed E-state index contributed by atoms with van der Waals surface area (Å²) in [5.41, 5.74) is 5.24. The number of aryl methyl sites for hydroxylation is 3. The average Bonchev–Trinajstić information content (AvgIpc) is 3.10. The Morgan fingerprint density at radius 3 is 2.39 bits per heavy atom. The molecule has 0 aliphatic heterocycles. The zero-order valence-electron chi connectivity index (χ0n) is 16.6. The van der Waals surface area contributed by atoms with Crippen molar-refractivity contribution in [2.24, 2.45) is 0 Å². The van der Waals surface area contributed by atoms with Gasteiger partial charge in [0, 0.05) is 30.2 Å². The van der Waals surface area contributed by atoms with Crippen LogP contribution in [0.15, 0.2) is 54.7 Å². The quantitative estimate of drug-likeness (QED) is 0.741. The first-order valence-electron chi connectivity index (χ1n) is 9.09. The van der Waals surface area contributed by atoms with E-state index in [1.165, 1.54) is 4.90 Å². The minimum atomic E-state index is -0.228. The highest BCUT2D eigenvalue weighted by atomic mass is 16.2. The molecule has 0 aliphatic rings. The van der Waals surface area contributed by atoms with Crippen LogP contribution in [0.3, 0.4) is 0 Å². The first-order chi connectivity index (χ1) is 13.3. The van der Waals surface area contributed by atoms with E-state index in [1.807, 2.05) is 57.2 Å². The van der Waals surface area contributed by atoms with E-state index in [9.17, 15) is 9.59 Å². The Balaban J connectivity index is 1.64. The lowest BCUT2D eigenvalue weighted by atomic mass is 10.1. The van der Waals surface area contributed by atoms with E-state index < -0.39 is 0 Å². The molecule has 6 nitrogen and oxygen atoms in total. The van der Waals surface area contributed by atoms with Gasteiger partial charge in [-0.05, 0) is 68.3 Å². The van der Waals surface area contributed by atoms with E-state index in [2.05, 4.69) is 10.4 Å². The van der Waals surface area contributed by atoms with Crippen LogP contribution in [0.2, 0.25) is 0 Å². The molecule has 3 rings (SSSR count). The van der Waals surface area contributed by atoms with Crippen molar-refractivity contribution >= 4 is 17.5 Å². The van der Waals surface area contributed by atoms with Gasteiger partial charge in [-0.25, -0.2) is 4.68 Å². The van der Waals surface area contributed by atoms with Crippen LogP contribution in [0.4, 0.5) is 5.69 Å². The first kappa shape index (κ1) is 19.4. The Morgan fingerprint density at radius 2 is 1.75 bits per heavy atom. The zero-order chi connectivity index (χ0) is 20.3. The molecule has 0 saturated heterocycles. The monoisotopic (exact) mass is 376 g/mol. The highest BCUT2D eigenvalue weighted by Crippen LogP contribution is 2.16. The number of hydrogen-bond acceptors (Lipinski definition) is 3. The fourth-order valence-corrected chi connectivity index (χ4v) is 2.95. The van der Waals surface area contributed by atoms with Gasteiger partial charge in [-0.3, -0.25) is 9.59 Å². The van der Waals surface area contributed by atoms with Crippen molar-refractivity contribution in [1.29, 1.82) is 0 Å². The van der Waals surface area contributed by atoms with Gasteiger partial charge in [0.15, 0.2) is 0 Å². The maximum atomic E-state index is 12.6. The summed E-state index contributed by atoms with van der Waals surface area (Å²) in [6, 6.07) is 15.0. The Labute approximate surface area is 164 Å². The number of likely N-dealkylation sites (N-methyl/N-ethyl adjacent to an activating group) is 1. The fourth-order valence-electron chi connectivity index (χ4n) is 2.95. The van der Waals surface area contributed by atoms with Crippen LogP contribution in [-0.2, 0) is 4.79 Å². The van der Waals surface area contributed by atoms with Crippen molar-refractivity contribution < 1.29 is 9.59 Å². The molecule has 0 aliphatic carbocycles. The van der Waals surface area contributed by atoms with Gasteiger partial charge in [-0.1, -0.05) is 12.1 Å². The number of aromatic nitrogens is 2. The van der Waals surface area contributed by atoms with Crippen LogP contribution in [0.25, 0.3) is 5.69 Å². The Bertz CT molecular complexity index is 1010. The summed E-state index contributed by atoms with van der Waals surface area (Å²) in [7, 11) is 1.62.